The first-order valence-corrected chi connectivity index (χ1v) is 7.35. The number of thioether (sulfide) groups is 1. The molecule has 1 saturated carbocycles. The van der Waals surface area contributed by atoms with Crippen molar-refractivity contribution in [3.8, 4) is 0 Å². The predicted molar refractivity (Wildman–Crippen MR) is 70.9 cm³/mol. The summed E-state index contributed by atoms with van der Waals surface area (Å²) >= 11 is 1.48. The molecular formula is C11H19N5O2S. The van der Waals surface area contributed by atoms with Crippen LogP contribution in [0.2, 0.25) is 0 Å². The molecule has 0 radical (unpaired) electrons. The number of nitrogens with zero attached hydrogens (tertiary/aromatic N) is 4. The van der Waals surface area contributed by atoms with Crippen molar-refractivity contribution in [2.45, 2.75) is 50.0 Å². The predicted octanol–water partition coefficient (Wildman–Crippen LogP) is 0.640. The first-order chi connectivity index (χ1) is 9.11. The highest BCUT2D eigenvalue weighted by Gasteiger charge is 2.29. The molecule has 1 aromatic heterocycles. The summed E-state index contributed by atoms with van der Waals surface area (Å²) in [4.78, 5) is 11.7. The summed E-state index contributed by atoms with van der Waals surface area (Å²) in [5, 5.41) is 15.6. The third kappa shape index (κ3) is 3.90. The lowest BCUT2D eigenvalue weighted by atomic mass is 10.3. The molecule has 0 aromatic carbocycles. The van der Waals surface area contributed by atoms with E-state index in [0.29, 0.717) is 11.8 Å². The topological polar surface area (TPSA) is 81.9 Å². The van der Waals surface area contributed by atoms with Gasteiger partial charge in [0.2, 0.25) is 5.16 Å². The van der Waals surface area contributed by atoms with Crippen LogP contribution in [0.5, 0.6) is 0 Å². The zero-order valence-corrected chi connectivity index (χ0v) is 12.2. The van der Waals surface area contributed by atoms with Crippen LogP contribution in [0.4, 0.5) is 0 Å². The molecule has 106 valence electrons. The fourth-order valence-electron chi connectivity index (χ4n) is 1.72. The molecule has 7 nitrogen and oxygen atoms in total. The summed E-state index contributed by atoms with van der Waals surface area (Å²) in [7, 11) is 1.40. The summed E-state index contributed by atoms with van der Waals surface area (Å²) in [5.41, 5.74) is 0. The van der Waals surface area contributed by atoms with E-state index in [-0.39, 0.29) is 18.1 Å². The van der Waals surface area contributed by atoms with E-state index in [9.17, 15) is 4.79 Å². The van der Waals surface area contributed by atoms with Gasteiger partial charge < -0.3 is 10.1 Å². The summed E-state index contributed by atoms with van der Waals surface area (Å²) in [5.74, 6) is 0.296. The molecule has 0 amide bonds. The van der Waals surface area contributed by atoms with Crippen molar-refractivity contribution in [3.05, 3.63) is 0 Å². The Hall–Kier alpha value is -1.15. The highest BCUT2D eigenvalue weighted by molar-refractivity contribution is 7.99. The second kappa shape index (κ2) is 6.33. The number of carbonyl (C=O) groups is 1. The van der Waals surface area contributed by atoms with E-state index in [1.165, 1.54) is 18.9 Å². The van der Waals surface area contributed by atoms with Crippen LogP contribution in [-0.2, 0) is 9.53 Å². The Bertz CT molecular complexity index is 432. The zero-order valence-electron chi connectivity index (χ0n) is 11.4. The van der Waals surface area contributed by atoms with E-state index in [0.717, 1.165) is 18.0 Å². The van der Waals surface area contributed by atoms with Gasteiger partial charge in [-0.1, -0.05) is 25.6 Å². The second-order valence-corrected chi connectivity index (χ2v) is 5.83. The van der Waals surface area contributed by atoms with Crippen LogP contribution in [0.1, 0.15) is 32.7 Å². The van der Waals surface area contributed by atoms with Crippen LogP contribution < -0.4 is 5.32 Å². The Morgan fingerprint density at radius 2 is 2.32 bits per heavy atom. The minimum Gasteiger partial charge on any atom is -0.468 e. The molecule has 0 spiro atoms. The van der Waals surface area contributed by atoms with Crippen molar-refractivity contribution >= 4 is 17.7 Å². The van der Waals surface area contributed by atoms with Gasteiger partial charge in [0.05, 0.1) is 13.2 Å². The van der Waals surface area contributed by atoms with Gasteiger partial charge in [0.25, 0.3) is 0 Å². The van der Waals surface area contributed by atoms with E-state index < -0.39 is 0 Å². The summed E-state index contributed by atoms with van der Waals surface area (Å²) in [6.45, 7) is 3.99. The molecule has 0 saturated heterocycles. The van der Waals surface area contributed by atoms with Crippen LogP contribution >= 0.6 is 11.8 Å². The van der Waals surface area contributed by atoms with Gasteiger partial charge >= 0.3 is 5.97 Å². The maximum Gasteiger partial charge on any atom is 0.323 e. The number of esters is 1. The quantitative estimate of drug-likeness (QED) is 0.581. The molecule has 1 N–H and O–H groups in total. The Labute approximate surface area is 116 Å². The number of rotatable bonds is 7. The van der Waals surface area contributed by atoms with Crippen LogP contribution in [0.3, 0.4) is 0 Å². The monoisotopic (exact) mass is 285 g/mol. The smallest absolute Gasteiger partial charge is 0.323 e. The lowest BCUT2D eigenvalue weighted by Crippen LogP contribution is -2.43. The normalized spacial score (nSPS) is 16.6. The molecule has 8 heteroatoms. The van der Waals surface area contributed by atoms with Gasteiger partial charge in [-0.3, -0.25) is 4.79 Å². The molecule has 1 aromatic rings. The van der Waals surface area contributed by atoms with Gasteiger partial charge in [0, 0.05) is 11.8 Å². The fraction of sp³-hybridized carbons (Fsp3) is 0.818. The number of methoxy groups -OCH3 is 1. The minimum atomic E-state index is -0.348. The van der Waals surface area contributed by atoms with Gasteiger partial charge in [-0.05, 0) is 23.3 Å². The van der Waals surface area contributed by atoms with E-state index in [4.69, 9.17) is 4.74 Å². The highest BCUT2D eigenvalue weighted by Crippen LogP contribution is 2.36. The lowest BCUT2D eigenvalue weighted by Gasteiger charge is -2.18. The molecule has 1 aliphatic rings. The standard InChI is InChI=1S/C11H19N5O2S/c1-7(2)12-9(10(17)18-3)6-19-11-13-14-15-16(11)8-4-5-8/h7-9,12H,4-6H2,1-3H3. The molecule has 19 heavy (non-hydrogen) atoms. The fourth-order valence-corrected chi connectivity index (χ4v) is 2.68. The molecule has 1 unspecified atom stereocenters. The number of ether oxygens (including phenoxy) is 1. The Morgan fingerprint density at radius 1 is 1.58 bits per heavy atom. The number of hydrogen-bond acceptors (Lipinski definition) is 7. The molecular weight excluding hydrogens is 266 g/mol. The Kier molecular flexibility index (Phi) is 4.76. The average Bonchev–Trinajstić information content (AvgIpc) is 3.12. The molecule has 1 heterocycles. The van der Waals surface area contributed by atoms with Crippen LogP contribution in [0, 0.1) is 0 Å². The van der Waals surface area contributed by atoms with Crippen molar-refractivity contribution < 1.29 is 9.53 Å². The largest absolute Gasteiger partial charge is 0.468 e. The van der Waals surface area contributed by atoms with Gasteiger partial charge in [-0.15, -0.1) is 5.10 Å². The van der Waals surface area contributed by atoms with Crippen molar-refractivity contribution in [1.82, 2.24) is 25.5 Å². The van der Waals surface area contributed by atoms with Crippen LogP contribution in [-0.4, -0.2) is 51.1 Å². The summed E-state index contributed by atoms with van der Waals surface area (Å²) in [6.07, 6.45) is 2.26. The number of tetrazole rings is 1. The van der Waals surface area contributed by atoms with E-state index in [2.05, 4.69) is 20.8 Å². The second-order valence-electron chi connectivity index (χ2n) is 4.85. The van der Waals surface area contributed by atoms with Crippen LogP contribution in [0.25, 0.3) is 0 Å². The van der Waals surface area contributed by atoms with Crippen molar-refractivity contribution in [2.75, 3.05) is 12.9 Å². The third-order valence-corrected chi connectivity index (χ3v) is 3.78. The molecule has 0 aliphatic heterocycles. The number of hydrogen-bond donors (Lipinski definition) is 1. The summed E-state index contributed by atoms with van der Waals surface area (Å²) < 4.78 is 6.64. The van der Waals surface area contributed by atoms with Gasteiger partial charge in [-0.25, -0.2) is 4.68 Å². The van der Waals surface area contributed by atoms with E-state index in [1.807, 2.05) is 18.5 Å². The lowest BCUT2D eigenvalue weighted by molar-refractivity contribution is -0.142. The number of nitrogens with one attached hydrogen (secondary N) is 1. The van der Waals surface area contributed by atoms with E-state index in [1.54, 1.807) is 0 Å². The SMILES string of the molecule is COC(=O)C(CSc1nnnn1C1CC1)NC(C)C. The van der Waals surface area contributed by atoms with Gasteiger partial charge in [0.1, 0.15) is 6.04 Å². The van der Waals surface area contributed by atoms with Crippen molar-refractivity contribution in [2.24, 2.45) is 0 Å². The summed E-state index contributed by atoms with van der Waals surface area (Å²) in [6, 6.07) is 0.301. The zero-order chi connectivity index (χ0) is 13.8. The third-order valence-electron chi connectivity index (χ3n) is 2.75. The first kappa shape index (κ1) is 14.3. The molecule has 1 fully saturated rings. The van der Waals surface area contributed by atoms with Crippen molar-refractivity contribution in [3.63, 3.8) is 0 Å². The molecule has 0 bridgehead atoms. The highest BCUT2D eigenvalue weighted by atomic mass is 32.2. The Balaban J connectivity index is 1.93. The molecule has 2 rings (SSSR count). The number of aromatic nitrogens is 4. The number of carbonyl (C=O) groups excluding carboxylic acids is 1. The molecule has 1 atom stereocenters. The first-order valence-electron chi connectivity index (χ1n) is 6.36. The van der Waals surface area contributed by atoms with Crippen LogP contribution in [0.15, 0.2) is 5.16 Å². The minimum absolute atomic E-state index is 0.212. The maximum absolute atomic E-state index is 11.7. The van der Waals surface area contributed by atoms with Crippen molar-refractivity contribution in [1.29, 1.82) is 0 Å². The maximum atomic E-state index is 11.7. The Morgan fingerprint density at radius 3 is 2.89 bits per heavy atom. The van der Waals surface area contributed by atoms with Gasteiger partial charge in [-0.2, -0.15) is 0 Å². The molecule has 1 aliphatic carbocycles. The van der Waals surface area contributed by atoms with Gasteiger partial charge in [0.15, 0.2) is 0 Å². The average molecular weight is 285 g/mol. The van der Waals surface area contributed by atoms with E-state index >= 15 is 0 Å².